The zero-order chi connectivity index (χ0) is 22.1. The van der Waals surface area contributed by atoms with E-state index in [2.05, 4.69) is 16.8 Å². The third-order valence-corrected chi connectivity index (χ3v) is 7.30. The average Bonchev–Trinajstić information content (AvgIpc) is 3.42. The molecule has 162 valence electrons. The van der Waals surface area contributed by atoms with Crippen molar-refractivity contribution in [1.29, 1.82) is 5.26 Å². The van der Waals surface area contributed by atoms with Crippen molar-refractivity contribution in [2.45, 2.75) is 24.7 Å². The number of nitriles is 1. The molecule has 3 heterocycles. The van der Waals surface area contributed by atoms with Gasteiger partial charge in [0, 0.05) is 17.0 Å². The second-order valence-electron chi connectivity index (χ2n) is 7.00. The molecule has 0 spiro atoms. The van der Waals surface area contributed by atoms with Crippen molar-refractivity contribution in [3.8, 4) is 17.6 Å². The van der Waals surface area contributed by atoms with Crippen molar-refractivity contribution in [3.05, 3.63) is 61.5 Å². The number of ether oxygens (including phenoxy) is 2. The van der Waals surface area contributed by atoms with Crippen LogP contribution in [-0.2, 0) is 0 Å². The normalized spacial score (nSPS) is 23.1. The number of hydrogen-bond acceptors (Lipinski definition) is 10. The molecule has 4 rings (SSSR count). The lowest BCUT2D eigenvalue weighted by molar-refractivity contribution is -0.380. The zero-order valence-corrected chi connectivity index (χ0v) is 18.8. The Balaban J connectivity index is 1.74. The van der Waals surface area contributed by atoms with Crippen LogP contribution in [0.1, 0.15) is 28.9 Å². The lowest BCUT2D eigenvalue weighted by atomic mass is 9.93. The maximum Gasteiger partial charge on any atom is 0.324 e. The highest BCUT2D eigenvalue weighted by atomic mass is 32.2. The summed E-state index contributed by atoms with van der Waals surface area (Å²) >= 11 is 2.64. The Bertz CT molecular complexity index is 1080. The van der Waals surface area contributed by atoms with Gasteiger partial charge in [0.05, 0.1) is 35.8 Å². The highest BCUT2D eigenvalue weighted by Gasteiger charge is 2.44. The Morgan fingerprint density at radius 3 is 2.68 bits per heavy atom. The van der Waals surface area contributed by atoms with Crippen LogP contribution < -0.4 is 20.2 Å². The molecule has 0 radical (unpaired) electrons. The maximum absolute atomic E-state index is 11.2. The molecule has 0 aliphatic carbocycles. The molecule has 0 amide bonds. The third kappa shape index (κ3) is 3.83. The smallest absolute Gasteiger partial charge is 0.324 e. The van der Waals surface area contributed by atoms with Crippen LogP contribution in [0.4, 0.5) is 5.00 Å². The van der Waals surface area contributed by atoms with Crippen molar-refractivity contribution >= 4 is 28.1 Å². The third-order valence-electron chi connectivity index (χ3n) is 5.43. The van der Waals surface area contributed by atoms with E-state index in [1.54, 1.807) is 20.3 Å². The van der Waals surface area contributed by atoms with Crippen LogP contribution in [-0.4, -0.2) is 36.6 Å². The number of rotatable bonds is 6. The number of benzene rings is 1. The van der Waals surface area contributed by atoms with Crippen LogP contribution in [0.3, 0.4) is 0 Å². The lowest BCUT2D eigenvalue weighted by Gasteiger charge is -2.42. The molecule has 1 aromatic heterocycles. The summed E-state index contributed by atoms with van der Waals surface area (Å²) in [6, 6.07) is 11.2. The molecule has 9 nitrogen and oxygen atoms in total. The Morgan fingerprint density at radius 2 is 2.06 bits per heavy atom. The molecule has 31 heavy (non-hydrogen) atoms. The van der Waals surface area contributed by atoms with Gasteiger partial charge in [0.25, 0.3) is 0 Å². The molecule has 3 atom stereocenters. The van der Waals surface area contributed by atoms with Crippen molar-refractivity contribution in [3.63, 3.8) is 0 Å². The highest BCUT2D eigenvalue weighted by molar-refractivity contribution is 8.02. The lowest BCUT2D eigenvalue weighted by Crippen LogP contribution is -2.55. The summed E-state index contributed by atoms with van der Waals surface area (Å²) < 4.78 is 10.9. The first-order chi connectivity index (χ1) is 15.0. The van der Waals surface area contributed by atoms with Gasteiger partial charge in [-0.3, -0.25) is 15.4 Å². The summed E-state index contributed by atoms with van der Waals surface area (Å²) in [6.07, 6.45) is 2.21. The van der Waals surface area contributed by atoms with Crippen molar-refractivity contribution in [2.75, 3.05) is 20.5 Å². The van der Waals surface area contributed by atoms with E-state index in [-0.39, 0.29) is 28.2 Å². The van der Waals surface area contributed by atoms with E-state index in [0.29, 0.717) is 23.5 Å². The van der Waals surface area contributed by atoms with Gasteiger partial charge in [-0.2, -0.15) is 10.3 Å². The van der Waals surface area contributed by atoms with Gasteiger partial charge in [0.1, 0.15) is 12.2 Å². The second-order valence-corrected chi connectivity index (χ2v) is 8.91. The average molecular weight is 460 g/mol. The summed E-state index contributed by atoms with van der Waals surface area (Å²) in [6.45, 7) is 0. The summed E-state index contributed by atoms with van der Waals surface area (Å²) in [5, 5.41) is 27.4. The fourth-order valence-corrected chi connectivity index (χ4v) is 5.44. The Labute approximate surface area is 187 Å². The molecule has 1 aromatic carbocycles. The minimum absolute atomic E-state index is 0.104. The first-order valence-corrected chi connectivity index (χ1v) is 11.5. The highest BCUT2D eigenvalue weighted by Crippen LogP contribution is 2.45. The Kier molecular flexibility index (Phi) is 6.06. The molecule has 1 saturated heterocycles. The van der Waals surface area contributed by atoms with Crippen LogP contribution in [0.5, 0.6) is 11.5 Å². The topological polar surface area (TPSA) is 113 Å². The molecule has 0 bridgehead atoms. The molecule has 2 aliphatic heterocycles. The van der Waals surface area contributed by atoms with E-state index in [4.69, 9.17) is 9.47 Å². The fourth-order valence-electron chi connectivity index (χ4n) is 3.97. The predicted molar refractivity (Wildman–Crippen MR) is 119 cm³/mol. The quantitative estimate of drug-likeness (QED) is 0.493. The molecular formula is C20H21N5O4S2. The summed E-state index contributed by atoms with van der Waals surface area (Å²) in [7, 11) is 3.18. The van der Waals surface area contributed by atoms with E-state index in [0.717, 1.165) is 26.8 Å². The monoisotopic (exact) mass is 459 g/mol. The van der Waals surface area contributed by atoms with E-state index in [1.807, 2.05) is 29.5 Å². The second kappa shape index (κ2) is 8.76. The fraction of sp³-hybridized carbons (Fsp3) is 0.350. The number of nitrogens with one attached hydrogen (secondary N) is 2. The first-order valence-electron chi connectivity index (χ1n) is 9.46. The number of hydrogen-bond donors (Lipinski definition) is 2. The first kappa shape index (κ1) is 21.5. The van der Waals surface area contributed by atoms with Crippen LogP contribution in [0, 0.1) is 21.4 Å². The molecule has 2 N–H and O–H groups in total. The molecule has 2 aliphatic rings. The number of thioether (sulfide) groups is 1. The Hall–Kier alpha value is -2.78. The van der Waals surface area contributed by atoms with Gasteiger partial charge in [-0.25, -0.2) is 0 Å². The van der Waals surface area contributed by atoms with Gasteiger partial charge in [-0.15, -0.1) is 11.8 Å². The molecule has 3 unspecified atom stereocenters. The number of methoxy groups -OCH3 is 2. The van der Waals surface area contributed by atoms with Gasteiger partial charge in [0.2, 0.25) is 0 Å². The van der Waals surface area contributed by atoms with Crippen molar-refractivity contribution < 1.29 is 14.4 Å². The number of fused-ring (bicyclic) bond motifs is 1. The van der Waals surface area contributed by atoms with E-state index in [1.165, 1.54) is 17.8 Å². The largest absolute Gasteiger partial charge is 0.493 e. The minimum atomic E-state index is -0.376. The summed E-state index contributed by atoms with van der Waals surface area (Å²) in [5.41, 5.74) is 4.97. The van der Waals surface area contributed by atoms with Crippen molar-refractivity contribution in [1.82, 2.24) is 15.8 Å². The minimum Gasteiger partial charge on any atom is -0.493 e. The molecule has 11 heteroatoms. The van der Waals surface area contributed by atoms with E-state index in [9.17, 15) is 15.4 Å². The van der Waals surface area contributed by atoms with Gasteiger partial charge < -0.3 is 14.9 Å². The van der Waals surface area contributed by atoms with E-state index < -0.39 is 0 Å². The SMILES string of the molecule is COc1ccc(C2CC(c3ccc([N+](=O)[O-])s3)NC3C(C#N)=C(SC)NN32)cc1OC. The van der Waals surface area contributed by atoms with E-state index >= 15 is 0 Å². The molecule has 2 aromatic rings. The van der Waals surface area contributed by atoms with Crippen LogP contribution in [0.25, 0.3) is 0 Å². The number of thiophene rings is 1. The summed E-state index contributed by atoms with van der Waals surface area (Å²) in [4.78, 5) is 11.7. The van der Waals surface area contributed by atoms with Gasteiger partial charge in [-0.05, 0) is 36.4 Å². The number of nitrogens with zero attached hydrogens (tertiary/aromatic N) is 3. The Morgan fingerprint density at radius 1 is 1.29 bits per heavy atom. The van der Waals surface area contributed by atoms with Crippen molar-refractivity contribution in [2.24, 2.45) is 0 Å². The molecule has 0 saturated carbocycles. The predicted octanol–water partition coefficient (Wildman–Crippen LogP) is 3.69. The zero-order valence-electron chi connectivity index (χ0n) is 17.1. The standard InChI is InChI=1S/C20H21N5O4S2/c1-28-15-5-4-11(8-16(15)29-2)14-9-13(17-6-7-18(31-17)25(26)27)22-19-12(10-21)20(30-3)23-24(14)19/h4-8,13-14,19,22-23H,9H2,1-3H3. The number of nitro groups is 1. The van der Waals surface area contributed by atoms with Gasteiger partial charge >= 0.3 is 5.00 Å². The number of hydrazine groups is 1. The summed E-state index contributed by atoms with van der Waals surface area (Å²) in [5.74, 6) is 1.26. The van der Waals surface area contributed by atoms with Gasteiger partial charge in [0.15, 0.2) is 11.5 Å². The molecule has 1 fully saturated rings. The van der Waals surface area contributed by atoms with Crippen LogP contribution >= 0.6 is 23.1 Å². The molecular weight excluding hydrogens is 438 g/mol. The maximum atomic E-state index is 11.2. The van der Waals surface area contributed by atoms with Gasteiger partial charge in [-0.1, -0.05) is 17.4 Å². The van der Waals surface area contributed by atoms with Crippen LogP contribution in [0.15, 0.2) is 40.9 Å². The van der Waals surface area contributed by atoms with Crippen LogP contribution in [0.2, 0.25) is 0 Å².